The van der Waals surface area contributed by atoms with Crippen LogP contribution in [-0.4, -0.2) is 62.1 Å². The van der Waals surface area contributed by atoms with Crippen LogP contribution >= 0.6 is 12.4 Å². The first-order valence-corrected chi connectivity index (χ1v) is 7.26. The largest absolute Gasteiger partial charge is 0.434 e. The molecule has 130 valence electrons. The quantitative estimate of drug-likeness (QED) is 0.847. The van der Waals surface area contributed by atoms with Gasteiger partial charge in [-0.15, -0.1) is 12.4 Å². The molecule has 0 spiro atoms. The van der Waals surface area contributed by atoms with E-state index in [9.17, 15) is 13.6 Å². The summed E-state index contributed by atoms with van der Waals surface area (Å²) in [5.41, 5.74) is 0.637. The third-order valence-electron chi connectivity index (χ3n) is 3.50. The minimum absolute atomic E-state index is 0. The summed E-state index contributed by atoms with van der Waals surface area (Å²) in [5.74, 6) is 0.204. The SMILES string of the molecule is CN(CC(=O)N1CCNCC1)Cc1ccccc1OC(F)F.Cl. The molecule has 1 saturated heterocycles. The Morgan fingerprint density at radius 3 is 2.65 bits per heavy atom. The van der Waals surface area contributed by atoms with Gasteiger partial charge in [0.15, 0.2) is 0 Å². The van der Waals surface area contributed by atoms with Crippen LogP contribution < -0.4 is 10.1 Å². The number of hydrogen-bond donors (Lipinski definition) is 1. The van der Waals surface area contributed by atoms with E-state index in [4.69, 9.17) is 0 Å². The molecule has 8 heteroatoms. The first-order chi connectivity index (χ1) is 10.6. The number of carbonyl (C=O) groups is 1. The van der Waals surface area contributed by atoms with Gasteiger partial charge in [0.1, 0.15) is 5.75 Å². The maximum atomic E-state index is 12.4. The maximum Gasteiger partial charge on any atom is 0.387 e. The number of benzene rings is 1. The number of nitrogens with zero attached hydrogens (tertiary/aromatic N) is 2. The zero-order chi connectivity index (χ0) is 15.9. The van der Waals surface area contributed by atoms with Gasteiger partial charge in [-0.3, -0.25) is 9.69 Å². The summed E-state index contributed by atoms with van der Waals surface area (Å²) < 4.78 is 29.3. The van der Waals surface area contributed by atoms with Crippen LogP contribution in [0, 0.1) is 0 Å². The number of amides is 1. The molecule has 0 radical (unpaired) electrons. The molecule has 0 bridgehead atoms. The molecule has 0 unspecified atom stereocenters. The van der Waals surface area contributed by atoms with Crippen molar-refractivity contribution in [1.82, 2.24) is 15.1 Å². The predicted molar refractivity (Wildman–Crippen MR) is 86.1 cm³/mol. The van der Waals surface area contributed by atoms with E-state index < -0.39 is 6.61 Å². The molecule has 1 aromatic carbocycles. The van der Waals surface area contributed by atoms with Gasteiger partial charge in [0.25, 0.3) is 0 Å². The Labute approximate surface area is 141 Å². The van der Waals surface area contributed by atoms with Crippen molar-refractivity contribution in [2.45, 2.75) is 13.2 Å². The lowest BCUT2D eigenvalue weighted by molar-refractivity contribution is -0.132. The highest BCUT2D eigenvalue weighted by molar-refractivity contribution is 5.85. The number of piperazine rings is 1. The normalized spacial score (nSPS) is 14.7. The Kier molecular flexibility index (Phi) is 8.22. The standard InChI is InChI=1S/C15H21F2N3O2.ClH/c1-19(11-14(21)20-8-6-18-7-9-20)10-12-4-2-3-5-13(12)22-15(16)17;/h2-5,15,18H,6-11H2,1H3;1H. The molecule has 0 atom stereocenters. The molecular weight excluding hydrogens is 328 g/mol. The van der Waals surface area contributed by atoms with Crippen molar-refractivity contribution in [1.29, 1.82) is 0 Å². The van der Waals surface area contributed by atoms with E-state index >= 15 is 0 Å². The Morgan fingerprint density at radius 2 is 2.00 bits per heavy atom. The summed E-state index contributed by atoms with van der Waals surface area (Å²) >= 11 is 0. The number of carbonyl (C=O) groups excluding carboxylic acids is 1. The van der Waals surface area contributed by atoms with E-state index in [0.29, 0.717) is 25.2 Å². The van der Waals surface area contributed by atoms with Crippen molar-refractivity contribution in [3.05, 3.63) is 29.8 Å². The molecule has 1 heterocycles. The zero-order valence-corrected chi connectivity index (χ0v) is 13.8. The molecule has 1 aromatic rings. The fourth-order valence-corrected chi connectivity index (χ4v) is 2.44. The number of likely N-dealkylation sites (N-methyl/N-ethyl adjacent to an activating group) is 1. The molecule has 1 aliphatic rings. The van der Waals surface area contributed by atoms with Crippen LogP contribution in [0.25, 0.3) is 0 Å². The second kappa shape index (κ2) is 9.64. The van der Waals surface area contributed by atoms with E-state index in [-0.39, 0.29) is 30.6 Å². The maximum absolute atomic E-state index is 12.4. The van der Waals surface area contributed by atoms with Gasteiger partial charge in [0.05, 0.1) is 6.54 Å². The number of halogens is 3. The van der Waals surface area contributed by atoms with Crippen LogP contribution in [-0.2, 0) is 11.3 Å². The molecule has 1 N–H and O–H groups in total. The van der Waals surface area contributed by atoms with E-state index in [1.807, 2.05) is 4.90 Å². The first-order valence-electron chi connectivity index (χ1n) is 7.26. The number of para-hydroxylation sites is 1. The molecule has 2 rings (SSSR count). The predicted octanol–water partition coefficient (Wildman–Crippen LogP) is 1.57. The lowest BCUT2D eigenvalue weighted by Crippen LogP contribution is -2.49. The summed E-state index contributed by atoms with van der Waals surface area (Å²) in [5, 5.41) is 3.19. The van der Waals surface area contributed by atoms with Crippen molar-refractivity contribution < 1.29 is 18.3 Å². The molecule has 1 fully saturated rings. The van der Waals surface area contributed by atoms with Gasteiger partial charge in [0.2, 0.25) is 5.91 Å². The van der Waals surface area contributed by atoms with Gasteiger partial charge in [-0.2, -0.15) is 8.78 Å². The monoisotopic (exact) mass is 349 g/mol. The second-order valence-corrected chi connectivity index (χ2v) is 5.29. The lowest BCUT2D eigenvalue weighted by Gasteiger charge is -2.29. The van der Waals surface area contributed by atoms with Crippen molar-refractivity contribution in [3.63, 3.8) is 0 Å². The van der Waals surface area contributed by atoms with Gasteiger partial charge in [-0.1, -0.05) is 18.2 Å². The van der Waals surface area contributed by atoms with E-state index in [1.165, 1.54) is 6.07 Å². The van der Waals surface area contributed by atoms with Crippen molar-refractivity contribution >= 4 is 18.3 Å². The van der Waals surface area contributed by atoms with Crippen LogP contribution in [0.5, 0.6) is 5.75 Å². The molecule has 23 heavy (non-hydrogen) atoms. The highest BCUT2D eigenvalue weighted by atomic mass is 35.5. The molecule has 0 aromatic heterocycles. The van der Waals surface area contributed by atoms with Crippen LogP contribution in [0.2, 0.25) is 0 Å². The number of nitrogens with one attached hydrogen (secondary N) is 1. The summed E-state index contributed by atoms with van der Waals surface area (Å²) in [7, 11) is 1.79. The average Bonchev–Trinajstić information content (AvgIpc) is 2.49. The summed E-state index contributed by atoms with van der Waals surface area (Å²) in [4.78, 5) is 15.8. The molecular formula is C15H22ClF2N3O2. The van der Waals surface area contributed by atoms with Gasteiger partial charge < -0.3 is 15.0 Å². The minimum atomic E-state index is -2.85. The van der Waals surface area contributed by atoms with E-state index in [1.54, 1.807) is 30.1 Å². The number of alkyl halides is 2. The molecule has 0 saturated carbocycles. The van der Waals surface area contributed by atoms with E-state index in [2.05, 4.69) is 10.1 Å². The van der Waals surface area contributed by atoms with E-state index in [0.717, 1.165) is 13.1 Å². The smallest absolute Gasteiger partial charge is 0.387 e. The van der Waals surface area contributed by atoms with Crippen LogP contribution in [0.1, 0.15) is 5.56 Å². The lowest BCUT2D eigenvalue weighted by atomic mass is 10.2. The topological polar surface area (TPSA) is 44.8 Å². The van der Waals surface area contributed by atoms with Crippen molar-refractivity contribution in [2.75, 3.05) is 39.8 Å². The van der Waals surface area contributed by atoms with Crippen LogP contribution in [0.4, 0.5) is 8.78 Å². The third-order valence-corrected chi connectivity index (χ3v) is 3.50. The van der Waals surface area contributed by atoms with Crippen LogP contribution in [0.15, 0.2) is 24.3 Å². The second-order valence-electron chi connectivity index (χ2n) is 5.29. The number of hydrogen-bond acceptors (Lipinski definition) is 4. The van der Waals surface area contributed by atoms with Crippen molar-refractivity contribution in [2.24, 2.45) is 0 Å². The highest BCUT2D eigenvalue weighted by Gasteiger charge is 2.18. The summed E-state index contributed by atoms with van der Waals surface area (Å²) in [6.45, 7) is 0.800. The number of ether oxygens (including phenoxy) is 1. The molecule has 0 aliphatic carbocycles. The van der Waals surface area contributed by atoms with Gasteiger partial charge in [-0.25, -0.2) is 0 Å². The molecule has 1 amide bonds. The number of rotatable bonds is 6. The summed E-state index contributed by atoms with van der Waals surface area (Å²) in [6.07, 6.45) is 0. The Morgan fingerprint density at radius 1 is 1.35 bits per heavy atom. The highest BCUT2D eigenvalue weighted by Crippen LogP contribution is 2.21. The fraction of sp³-hybridized carbons (Fsp3) is 0.533. The van der Waals surface area contributed by atoms with Gasteiger partial charge in [-0.05, 0) is 13.1 Å². The Hall–Kier alpha value is -1.44. The van der Waals surface area contributed by atoms with Gasteiger partial charge in [0, 0.05) is 38.3 Å². The molecule has 1 aliphatic heterocycles. The fourth-order valence-electron chi connectivity index (χ4n) is 2.44. The zero-order valence-electron chi connectivity index (χ0n) is 13.0. The molecule has 5 nitrogen and oxygen atoms in total. The van der Waals surface area contributed by atoms with Crippen LogP contribution in [0.3, 0.4) is 0 Å². The Balaban J connectivity index is 0.00000264. The first kappa shape index (κ1) is 19.6. The Bertz CT molecular complexity index is 499. The van der Waals surface area contributed by atoms with Crippen molar-refractivity contribution in [3.8, 4) is 5.75 Å². The third kappa shape index (κ3) is 6.29. The summed E-state index contributed by atoms with van der Waals surface area (Å²) in [6, 6.07) is 6.64. The van der Waals surface area contributed by atoms with Gasteiger partial charge >= 0.3 is 6.61 Å². The average molecular weight is 350 g/mol. The minimum Gasteiger partial charge on any atom is -0.434 e.